The Hall–Kier alpha value is -0.830. The number of halogens is 4. The molecule has 1 atom stereocenters. The predicted molar refractivity (Wildman–Crippen MR) is 77.2 cm³/mol. The first-order chi connectivity index (χ1) is 10.2. The van der Waals surface area contributed by atoms with Gasteiger partial charge in [0.25, 0.3) is 0 Å². The number of hydrogen-bond donors (Lipinski definition) is 1. The van der Waals surface area contributed by atoms with E-state index in [0.717, 1.165) is 16.4 Å². The van der Waals surface area contributed by atoms with Crippen molar-refractivity contribution in [2.45, 2.75) is 17.5 Å². The molecular formula is C13H16ClF3N2O2S. The third-order valence-electron chi connectivity index (χ3n) is 3.61. The van der Waals surface area contributed by atoms with E-state index in [0.29, 0.717) is 19.0 Å². The minimum absolute atomic E-state index is 0.0985. The lowest BCUT2D eigenvalue weighted by atomic mass is 10.1. The van der Waals surface area contributed by atoms with Crippen LogP contribution in [-0.4, -0.2) is 39.4 Å². The predicted octanol–water partition coefficient (Wildman–Crippen LogP) is 2.59. The van der Waals surface area contributed by atoms with Crippen LogP contribution in [0.1, 0.15) is 12.0 Å². The van der Waals surface area contributed by atoms with Crippen molar-refractivity contribution in [3.8, 4) is 0 Å². The van der Waals surface area contributed by atoms with Crippen LogP contribution in [0.3, 0.4) is 0 Å². The summed E-state index contributed by atoms with van der Waals surface area (Å²) in [6.07, 6.45) is -4.16. The highest BCUT2D eigenvalue weighted by Crippen LogP contribution is 2.37. The molecule has 1 heterocycles. The Kier molecular flexibility index (Phi) is 5.06. The molecule has 1 aromatic carbocycles. The lowest BCUT2D eigenvalue weighted by Gasteiger charge is -2.20. The van der Waals surface area contributed by atoms with E-state index in [1.165, 1.54) is 0 Å². The molecule has 124 valence electrons. The van der Waals surface area contributed by atoms with Gasteiger partial charge in [-0.2, -0.15) is 17.5 Å². The van der Waals surface area contributed by atoms with E-state index in [1.807, 2.05) is 0 Å². The first kappa shape index (κ1) is 17.5. The second-order valence-corrected chi connectivity index (χ2v) is 7.56. The average Bonchev–Trinajstić information content (AvgIpc) is 2.87. The van der Waals surface area contributed by atoms with E-state index in [-0.39, 0.29) is 24.0 Å². The van der Waals surface area contributed by atoms with Crippen molar-refractivity contribution < 1.29 is 21.6 Å². The number of alkyl halides is 3. The summed E-state index contributed by atoms with van der Waals surface area (Å²) in [6.45, 7) is 1.05. The molecule has 1 fully saturated rings. The maximum absolute atomic E-state index is 13.1. The summed E-state index contributed by atoms with van der Waals surface area (Å²) in [5.41, 5.74) is -1.22. The molecule has 0 aromatic heterocycles. The fourth-order valence-electron chi connectivity index (χ4n) is 2.56. The fourth-order valence-corrected chi connectivity index (χ4v) is 4.45. The second kappa shape index (κ2) is 6.35. The Balaban J connectivity index is 2.39. The van der Waals surface area contributed by atoms with Gasteiger partial charge in [-0.15, -0.1) is 0 Å². The topological polar surface area (TPSA) is 49.4 Å². The highest BCUT2D eigenvalue weighted by atomic mass is 35.5. The minimum Gasteiger partial charge on any atom is -0.319 e. The van der Waals surface area contributed by atoms with Gasteiger partial charge in [-0.25, -0.2) is 8.42 Å². The van der Waals surface area contributed by atoms with Gasteiger partial charge in [0, 0.05) is 18.1 Å². The van der Waals surface area contributed by atoms with Gasteiger partial charge in [-0.1, -0.05) is 11.6 Å². The molecular weight excluding hydrogens is 341 g/mol. The molecule has 1 unspecified atom stereocenters. The first-order valence-corrected chi connectivity index (χ1v) is 8.49. The monoisotopic (exact) mass is 356 g/mol. The Bertz CT molecular complexity index is 649. The van der Waals surface area contributed by atoms with Crippen molar-refractivity contribution in [1.82, 2.24) is 9.62 Å². The van der Waals surface area contributed by atoms with E-state index in [9.17, 15) is 21.6 Å². The number of hydrogen-bond acceptors (Lipinski definition) is 3. The molecule has 2 rings (SSSR count). The standard InChI is InChI=1S/C13H16ClF3N2O2S/c1-18-7-9-4-5-19(8-9)22(20,21)12-3-2-10(14)6-11(12)13(15,16)17/h2-3,6,9,18H,4-5,7-8H2,1H3. The van der Waals surface area contributed by atoms with Crippen LogP contribution in [0.5, 0.6) is 0 Å². The smallest absolute Gasteiger partial charge is 0.319 e. The molecule has 0 saturated carbocycles. The molecule has 0 spiro atoms. The van der Waals surface area contributed by atoms with Crippen molar-refractivity contribution in [3.63, 3.8) is 0 Å². The number of sulfonamides is 1. The van der Waals surface area contributed by atoms with Crippen molar-refractivity contribution in [3.05, 3.63) is 28.8 Å². The van der Waals surface area contributed by atoms with Crippen LogP contribution in [-0.2, 0) is 16.2 Å². The number of nitrogens with one attached hydrogen (secondary N) is 1. The molecule has 1 saturated heterocycles. The highest BCUT2D eigenvalue weighted by molar-refractivity contribution is 7.89. The first-order valence-electron chi connectivity index (χ1n) is 6.67. The van der Waals surface area contributed by atoms with Gasteiger partial charge < -0.3 is 5.32 Å². The maximum Gasteiger partial charge on any atom is 0.417 e. The minimum atomic E-state index is -4.78. The van der Waals surface area contributed by atoms with Gasteiger partial charge in [0.15, 0.2) is 0 Å². The van der Waals surface area contributed by atoms with Crippen LogP contribution in [0, 0.1) is 5.92 Å². The molecule has 9 heteroatoms. The zero-order valence-corrected chi connectivity index (χ0v) is 13.4. The van der Waals surface area contributed by atoms with Gasteiger partial charge in [-0.05, 0) is 44.1 Å². The molecule has 1 aromatic rings. The van der Waals surface area contributed by atoms with Crippen molar-refractivity contribution in [2.24, 2.45) is 5.92 Å². The van der Waals surface area contributed by atoms with Gasteiger partial charge in [0.1, 0.15) is 0 Å². The normalized spacial score (nSPS) is 20.5. The fraction of sp³-hybridized carbons (Fsp3) is 0.538. The quantitative estimate of drug-likeness (QED) is 0.902. The lowest BCUT2D eigenvalue weighted by Crippen LogP contribution is -2.31. The van der Waals surface area contributed by atoms with Gasteiger partial charge in [-0.3, -0.25) is 0 Å². The van der Waals surface area contributed by atoms with E-state index in [1.54, 1.807) is 7.05 Å². The molecule has 0 aliphatic carbocycles. The Morgan fingerprint density at radius 3 is 2.68 bits per heavy atom. The van der Waals surface area contributed by atoms with Gasteiger partial charge in [0.2, 0.25) is 10.0 Å². The summed E-state index contributed by atoms with van der Waals surface area (Å²) >= 11 is 5.58. The Morgan fingerprint density at radius 1 is 1.41 bits per heavy atom. The van der Waals surface area contributed by atoms with E-state index < -0.39 is 26.7 Å². The molecule has 0 amide bonds. The zero-order chi connectivity index (χ0) is 16.5. The SMILES string of the molecule is CNCC1CCN(S(=O)(=O)c2ccc(Cl)cc2C(F)(F)F)C1. The van der Waals surface area contributed by atoms with Crippen LogP contribution in [0.25, 0.3) is 0 Å². The average molecular weight is 357 g/mol. The van der Waals surface area contributed by atoms with Crippen LogP contribution in [0.15, 0.2) is 23.1 Å². The number of benzene rings is 1. The zero-order valence-electron chi connectivity index (χ0n) is 11.8. The van der Waals surface area contributed by atoms with Crippen molar-refractivity contribution >= 4 is 21.6 Å². The Morgan fingerprint density at radius 2 is 2.09 bits per heavy atom. The maximum atomic E-state index is 13.1. The highest BCUT2D eigenvalue weighted by Gasteiger charge is 2.40. The number of nitrogens with zero attached hydrogens (tertiary/aromatic N) is 1. The molecule has 1 aliphatic heterocycles. The van der Waals surface area contributed by atoms with Crippen LogP contribution in [0.4, 0.5) is 13.2 Å². The summed E-state index contributed by atoms with van der Waals surface area (Å²) in [5, 5.41) is 2.79. The van der Waals surface area contributed by atoms with E-state index in [4.69, 9.17) is 11.6 Å². The molecule has 1 aliphatic rings. The molecule has 0 bridgehead atoms. The molecule has 22 heavy (non-hydrogen) atoms. The summed E-state index contributed by atoms with van der Waals surface area (Å²) in [7, 11) is -2.45. The third-order valence-corrected chi connectivity index (χ3v) is 5.76. The summed E-state index contributed by atoms with van der Waals surface area (Å²) in [6, 6.07) is 2.73. The van der Waals surface area contributed by atoms with Gasteiger partial charge in [0.05, 0.1) is 10.5 Å². The summed E-state index contributed by atoms with van der Waals surface area (Å²) in [4.78, 5) is -0.741. The van der Waals surface area contributed by atoms with Crippen molar-refractivity contribution in [1.29, 1.82) is 0 Å². The summed E-state index contributed by atoms with van der Waals surface area (Å²) < 4.78 is 65.4. The third kappa shape index (κ3) is 3.56. The second-order valence-electron chi connectivity index (χ2n) is 5.21. The van der Waals surface area contributed by atoms with Crippen molar-refractivity contribution in [2.75, 3.05) is 26.7 Å². The number of rotatable bonds is 4. The molecule has 1 N–H and O–H groups in total. The largest absolute Gasteiger partial charge is 0.417 e. The van der Waals surface area contributed by atoms with Gasteiger partial charge >= 0.3 is 6.18 Å². The van der Waals surface area contributed by atoms with Crippen LogP contribution < -0.4 is 5.32 Å². The van der Waals surface area contributed by atoms with E-state index in [2.05, 4.69) is 5.32 Å². The van der Waals surface area contributed by atoms with E-state index >= 15 is 0 Å². The summed E-state index contributed by atoms with van der Waals surface area (Å²) in [5.74, 6) is 0.0985. The van der Waals surface area contributed by atoms with Crippen LogP contribution in [0.2, 0.25) is 5.02 Å². The Labute approximate surface area is 132 Å². The molecule has 0 radical (unpaired) electrons. The molecule has 4 nitrogen and oxygen atoms in total. The van der Waals surface area contributed by atoms with Crippen LogP contribution >= 0.6 is 11.6 Å². The lowest BCUT2D eigenvalue weighted by molar-refractivity contribution is -0.139.